The van der Waals surface area contributed by atoms with E-state index in [1.165, 1.54) is 121 Å². The molecule has 3 nitrogen and oxygen atoms in total. The van der Waals surface area contributed by atoms with E-state index in [4.69, 9.17) is 4.74 Å². The van der Waals surface area contributed by atoms with E-state index in [0.717, 1.165) is 23.6 Å². The van der Waals surface area contributed by atoms with Gasteiger partial charge in [-0.15, -0.1) is 0 Å². The molecule has 6 aromatic rings. The summed E-state index contributed by atoms with van der Waals surface area (Å²) in [5.74, 6) is 1.90. The number of fused-ring (bicyclic) bond motifs is 9. The van der Waals surface area contributed by atoms with Crippen molar-refractivity contribution in [3.05, 3.63) is 148 Å². The maximum absolute atomic E-state index is 7.20. The lowest BCUT2D eigenvalue weighted by molar-refractivity contribution is 0.332. The molecule has 0 N–H and O–H groups in total. The van der Waals surface area contributed by atoms with E-state index in [1.54, 1.807) is 0 Å². The minimum Gasteiger partial charge on any atom is -0.455 e. The van der Waals surface area contributed by atoms with Gasteiger partial charge in [0.05, 0.1) is 5.69 Å². The zero-order valence-corrected chi connectivity index (χ0v) is 42.9. The maximum atomic E-state index is 7.20. The van der Waals surface area contributed by atoms with E-state index >= 15 is 0 Å². The van der Waals surface area contributed by atoms with Crippen LogP contribution in [-0.2, 0) is 37.9 Å². The van der Waals surface area contributed by atoms with E-state index in [0.29, 0.717) is 0 Å². The Morgan fingerprint density at radius 2 is 0.806 bits per heavy atom. The van der Waals surface area contributed by atoms with Crippen molar-refractivity contribution in [3.63, 3.8) is 0 Å². The summed E-state index contributed by atoms with van der Waals surface area (Å²) < 4.78 is 7.20. The summed E-state index contributed by atoms with van der Waals surface area (Å²) in [5, 5.41) is 0. The third kappa shape index (κ3) is 5.96. The highest BCUT2D eigenvalue weighted by Gasteiger charge is 2.50. The van der Waals surface area contributed by atoms with E-state index in [2.05, 4.69) is 210 Å². The van der Waals surface area contributed by atoms with Crippen molar-refractivity contribution in [2.45, 2.75) is 173 Å². The minimum atomic E-state index is -0.247. The fraction of sp³-hybridized carbons (Fsp3) is 0.429. The molecule has 0 aromatic heterocycles. The molecule has 0 amide bonds. The Morgan fingerprint density at radius 3 is 1.37 bits per heavy atom. The van der Waals surface area contributed by atoms with Crippen LogP contribution in [0, 0.1) is 0 Å². The zero-order chi connectivity index (χ0) is 47.2. The predicted octanol–water partition coefficient (Wildman–Crippen LogP) is 15.2. The number of para-hydroxylation sites is 2. The average molecular weight is 883 g/mol. The third-order valence-electron chi connectivity index (χ3n) is 18.7. The van der Waals surface area contributed by atoms with Crippen molar-refractivity contribution < 1.29 is 4.74 Å². The first-order valence-electron chi connectivity index (χ1n) is 25.6. The Hall–Kier alpha value is -5.22. The largest absolute Gasteiger partial charge is 0.455 e. The van der Waals surface area contributed by atoms with Crippen LogP contribution in [0.5, 0.6) is 11.5 Å². The SMILES string of the molecule is CC1(C)CCC(C)(C)c2cc(N3c4cc5c(cc4B4c6cc7c(cc6N(c6cccc8c6Oc6ccccc6C8(C)C)c6cccc3c64)C(C)(C)CCC7(C)C)C(C)(C)CCC5(C)C)ccc21. The molecule has 0 saturated heterocycles. The topological polar surface area (TPSA) is 15.7 Å². The predicted molar refractivity (Wildman–Crippen MR) is 285 cm³/mol. The van der Waals surface area contributed by atoms with Crippen LogP contribution >= 0.6 is 0 Å². The van der Waals surface area contributed by atoms with Crippen LogP contribution in [0.4, 0.5) is 34.1 Å². The summed E-state index contributed by atoms with van der Waals surface area (Å²) in [7, 11) is 0. The Labute approximate surface area is 402 Å². The minimum absolute atomic E-state index is 0.0337. The molecule has 0 spiro atoms. The van der Waals surface area contributed by atoms with Gasteiger partial charge in [0.2, 0.25) is 0 Å². The molecule has 3 aliphatic carbocycles. The monoisotopic (exact) mass is 883 g/mol. The van der Waals surface area contributed by atoms with Gasteiger partial charge in [-0.05, 0) is 169 Å². The second-order valence-electron chi connectivity index (χ2n) is 26.1. The van der Waals surface area contributed by atoms with Crippen molar-refractivity contribution in [1.29, 1.82) is 0 Å². The fourth-order valence-corrected chi connectivity index (χ4v) is 13.9. The standard InChI is InChI=1S/C63H71BN2O/c1-57(2)27-28-58(3,4)42-33-38(25-26-39(42)57)65-49-21-18-22-50-55(49)64(47-34-43-45(36-52(47)65)61(9,10)31-29-59(43,5)6)48-35-44-46(62(11,12)32-30-60(44,7)8)37-53(48)66(50)51-23-17-20-41-56(51)67-54-24-16-15-19-40(54)63(41,13)14/h15-26,33-37H,27-32H2,1-14H3. The molecule has 3 heterocycles. The van der Waals surface area contributed by atoms with Gasteiger partial charge in [-0.25, -0.2) is 0 Å². The van der Waals surface area contributed by atoms with Gasteiger partial charge in [0.1, 0.15) is 5.75 Å². The van der Waals surface area contributed by atoms with Crippen molar-refractivity contribution in [1.82, 2.24) is 0 Å². The highest BCUT2D eigenvalue weighted by molar-refractivity contribution is 7.00. The Balaban J connectivity index is 1.20. The first-order valence-corrected chi connectivity index (χ1v) is 25.6. The molecule has 342 valence electrons. The molecule has 4 heteroatoms. The number of benzene rings is 6. The summed E-state index contributed by atoms with van der Waals surface area (Å²) in [6.07, 6.45) is 7.07. The van der Waals surface area contributed by atoms with E-state index in [1.807, 2.05) is 0 Å². The van der Waals surface area contributed by atoms with Gasteiger partial charge in [0.25, 0.3) is 6.71 Å². The third-order valence-corrected chi connectivity index (χ3v) is 18.7. The van der Waals surface area contributed by atoms with Crippen LogP contribution in [0.1, 0.15) is 180 Å². The molecule has 0 atom stereocenters. The Morgan fingerprint density at radius 1 is 0.373 bits per heavy atom. The van der Waals surface area contributed by atoms with Crippen LogP contribution in [0.15, 0.2) is 103 Å². The summed E-state index contributed by atoms with van der Waals surface area (Å²) in [4.78, 5) is 5.31. The molecular formula is C63H71BN2O. The van der Waals surface area contributed by atoms with Gasteiger partial charge in [0, 0.05) is 45.0 Å². The van der Waals surface area contributed by atoms with Gasteiger partial charge < -0.3 is 14.5 Å². The normalized spacial score (nSPS) is 21.8. The number of hydrogen-bond acceptors (Lipinski definition) is 3. The van der Waals surface area contributed by atoms with Crippen molar-refractivity contribution >= 4 is 57.2 Å². The number of hydrogen-bond donors (Lipinski definition) is 0. The highest BCUT2D eigenvalue weighted by Crippen LogP contribution is 2.57. The van der Waals surface area contributed by atoms with Gasteiger partial charge in [-0.3, -0.25) is 0 Å². The number of rotatable bonds is 2. The quantitative estimate of drug-likeness (QED) is 0.161. The van der Waals surface area contributed by atoms with Gasteiger partial charge in [-0.2, -0.15) is 0 Å². The molecule has 6 aliphatic rings. The number of anilines is 6. The summed E-state index contributed by atoms with van der Waals surface area (Å²) in [6, 6.07) is 40.9. The molecule has 0 saturated carbocycles. The van der Waals surface area contributed by atoms with E-state index in [-0.39, 0.29) is 44.6 Å². The molecule has 12 rings (SSSR count). The van der Waals surface area contributed by atoms with Crippen molar-refractivity contribution in [2.24, 2.45) is 0 Å². The second kappa shape index (κ2) is 13.5. The summed E-state index contributed by atoms with van der Waals surface area (Å²) in [5.41, 5.74) is 23.3. The Kier molecular flexibility index (Phi) is 8.69. The van der Waals surface area contributed by atoms with Crippen LogP contribution in [0.2, 0.25) is 0 Å². The lowest BCUT2D eigenvalue weighted by atomic mass is 9.32. The van der Waals surface area contributed by atoms with Gasteiger partial charge >= 0.3 is 0 Å². The van der Waals surface area contributed by atoms with E-state index in [9.17, 15) is 0 Å². The van der Waals surface area contributed by atoms with Crippen LogP contribution in [0.25, 0.3) is 0 Å². The smallest absolute Gasteiger partial charge is 0.252 e. The number of nitrogens with zero attached hydrogens (tertiary/aromatic N) is 2. The van der Waals surface area contributed by atoms with Crippen LogP contribution in [-0.4, -0.2) is 6.71 Å². The molecule has 0 bridgehead atoms. The lowest BCUT2D eigenvalue weighted by Gasteiger charge is -2.49. The molecule has 0 fully saturated rings. The van der Waals surface area contributed by atoms with Gasteiger partial charge in [-0.1, -0.05) is 152 Å². The summed E-state index contributed by atoms with van der Waals surface area (Å²) >= 11 is 0. The zero-order valence-electron chi connectivity index (χ0n) is 42.9. The lowest BCUT2D eigenvalue weighted by Crippen LogP contribution is -2.62. The summed E-state index contributed by atoms with van der Waals surface area (Å²) in [6.45, 7) is 34.5. The Bertz CT molecular complexity index is 3120. The molecule has 67 heavy (non-hydrogen) atoms. The average Bonchev–Trinajstić information content (AvgIpc) is 3.27. The molecule has 6 aromatic carbocycles. The van der Waals surface area contributed by atoms with Crippen molar-refractivity contribution in [3.8, 4) is 11.5 Å². The molecule has 0 radical (unpaired) electrons. The maximum Gasteiger partial charge on any atom is 0.252 e. The van der Waals surface area contributed by atoms with Gasteiger partial charge in [0.15, 0.2) is 5.75 Å². The highest BCUT2D eigenvalue weighted by atomic mass is 16.5. The molecule has 0 unspecified atom stereocenters. The first-order chi connectivity index (χ1) is 31.4. The van der Waals surface area contributed by atoms with Crippen molar-refractivity contribution in [2.75, 3.05) is 9.80 Å². The molecular weight excluding hydrogens is 812 g/mol. The van der Waals surface area contributed by atoms with Crippen LogP contribution in [0.3, 0.4) is 0 Å². The fourth-order valence-electron chi connectivity index (χ4n) is 13.9. The van der Waals surface area contributed by atoms with Crippen LogP contribution < -0.4 is 30.9 Å². The van der Waals surface area contributed by atoms with E-state index < -0.39 is 0 Å². The first kappa shape index (κ1) is 43.1. The number of ether oxygens (including phenoxy) is 1. The second-order valence-corrected chi connectivity index (χ2v) is 26.1. The molecule has 3 aliphatic heterocycles.